The average molecular weight is 544 g/mol. The van der Waals surface area contributed by atoms with Crippen molar-refractivity contribution in [3.8, 4) is 16.9 Å². The summed E-state index contributed by atoms with van der Waals surface area (Å²) >= 11 is 0. The fourth-order valence-corrected chi connectivity index (χ4v) is 5.37. The van der Waals surface area contributed by atoms with Crippen molar-refractivity contribution in [2.75, 3.05) is 33.0 Å². The quantitative estimate of drug-likeness (QED) is 0.164. The van der Waals surface area contributed by atoms with Gasteiger partial charge in [0.05, 0.1) is 6.61 Å². The van der Waals surface area contributed by atoms with Crippen LogP contribution in [-0.2, 0) is 15.9 Å². The molecule has 0 aliphatic heterocycles. The van der Waals surface area contributed by atoms with Gasteiger partial charge >= 0.3 is 6.09 Å². The van der Waals surface area contributed by atoms with Gasteiger partial charge in [0, 0.05) is 19.1 Å². The third-order valence-electron chi connectivity index (χ3n) is 7.57. The van der Waals surface area contributed by atoms with Crippen LogP contribution in [0.4, 0.5) is 4.79 Å². The molecule has 0 fully saturated rings. The second-order valence-electron chi connectivity index (χ2n) is 10.6. The lowest BCUT2D eigenvalue weighted by Crippen LogP contribution is -2.27. The summed E-state index contributed by atoms with van der Waals surface area (Å²) in [6.07, 6.45) is 10.8. The third kappa shape index (κ3) is 9.12. The van der Waals surface area contributed by atoms with Crippen LogP contribution in [0, 0.1) is 0 Å². The molecule has 40 heavy (non-hydrogen) atoms. The molecular formula is C35H45NO4. The molecular weight excluding hydrogens is 498 g/mol. The average Bonchev–Trinajstić information content (AvgIpc) is 3.31. The number of hydrogen-bond acceptors (Lipinski definition) is 4. The number of aryl methyl sites for hydroxylation is 1. The van der Waals surface area contributed by atoms with Crippen LogP contribution in [0.2, 0.25) is 0 Å². The Kier molecular flexibility index (Phi) is 12.4. The van der Waals surface area contributed by atoms with E-state index < -0.39 is 0 Å². The van der Waals surface area contributed by atoms with Gasteiger partial charge in [-0.05, 0) is 59.2 Å². The molecule has 5 nitrogen and oxygen atoms in total. The molecule has 1 N–H and O–H groups in total. The van der Waals surface area contributed by atoms with Gasteiger partial charge < -0.3 is 19.5 Å². The first-order chi connectivity index (χ1) is 19.8. The lowest BCUT2D eigenvalue weighted by atomic mass is 9.98. The minimum Gasteiger partial charge on any atom is -0.491 e. The monoisotopic (exact) mass is 543 g/mol. The summed E-state index contributed by atoms with van der Waals surface area (Å²) in [5, 5.41) is 2.83. The molecule has 1 amide bonds. The highest BCUT2D eigenvalue weighted by molar-refractivity contribution is 5.79. The predicted molar refractivity (Wildman–Crippen MR) is 162 cm³/mol. The molecule has 214 valence electrons. The fourth-order valence-electron chi connectivity index (χ4n) is 5.37. The molecule has 0 unspecified atom stereocenters. The minimum atomic E-state index is -0.388. The van der Waals surface area contributed by atoms with E-state index in [9.17, 15) is 4.79 Å². The van der Waals surface area contributed by atoms with E-state index in [0.29, 0.717) is 33.0 Å². The van der Waals surface area contributed by atoms with Crippen LogP contribution in [0.1, 0.15) is 80.9 Å². The highest BCUT2D eigenvalue weighted by Crippen LogP contribution is 2.44. The van der Waals surface area contributed by atoms with Crippen LogP contribution in [0.25, 0.3) is 11.1 Å². The molecule has 4 rings (SSSR count). The zero-order valence-corrected chi connectivity index (χ0v) is 24.0. The number of rotatable bonds is 18. The van der Waals surface area contributed by atoms with E-state index in [1.807, 2.05) is 12.1 Å². The van der Waals surface area contributed by atoms with Crippen LogP contribution in [0.3, 0.4) is 0 Å². The number of unbranched alkanes of at least 4 members (excludes halogenated alkanes) is 6. The number of nitrogens with one attached hydrogen (secondary N) is 1. The number of ether oxygens (including phenoxy) is 3. The highest BCUT2D eigenvalue weighted by atomic mass is 16.5. The number of hydrogen-bond donors (Lipinski definition) is 1. The molecule has 3 aromatic carbocycles. The number of carbonyl (C=O) groups is 1. The highest BCUT2D eigenvalue weighted by Gasteiger charge is 2.28. The van der Waals surface area contributed by atoms with Crippen LogP contribution in [0.15, 0.2) is 72.8 Å². The van der Waals surface area contributed by atoms with Gasteiger partial charge in [0.25, 0.3) is 0 Å². The maximum Gasteiger partial charge on any atom is 0.407 e. The SMILES string of the molecule is CCCCCCCCCc1ccc(OCCOCCCNC(=O)OCC2c3ccccc3-c3ccccc32)cc1. The molecule has 3 aromatic rings. The van der Waals surface area contributed by atoms with Gasteiger partial charge in [-0.15, -0.1) is 0 Å². The Hall–Kier alpha value is -3.31. The smallest absolute Gasteiger partial charge is 0.407 e. The first-order valence-corrected chi connectivity index (χ1v) is 15.1. The summed E-state index contributed by atoms with van der Waals surface area (Å²) in [4.78, 5) is 12.3. The molecule has 1 aliphatic rings. The lowest BCUT2D eigenvalue weighted by molar-refractivity contribution is 0.0971. The Bertz CT molecular complexity index is 1110. The summed E-state index contributed by atoms with van der Waals surface area (Å²) in [5.41, 5.74) is 6.26. The van der Waals surface area contributed by atoms with Crippen molar-refractivity contribution in [1.29, 1.82) is 0 Å². The molecule has 0 saturated heterocycles. The van der Waals surface area contributed by atoms with Crippen LogP contribution < -0.4 is 10.1 Å². The van der Waals surface area contributed by atoms with Crippen molar-refractivity contribution in [2.45, 2.75) is 70.6 Å². The fraction of sp³-hybridized carbons (Fsp3) is 0.457. The molecule has 0 aromatic heterocycles. The van der Waals surface area contributed by atoms with Gasteiger partial charge in [-0.25, -0.2) is 4.79 Å². The summed E-state index contributed by atoms with van der Waals surface area (Å²) < 4.78 is 17.0. The number of fused-ring (bicyclic) bond motifs is 3. The van der Waals surface area contributed by atoms with Crippen molar-refractivity contribution in [1.82, 2.24) is 5.32 Å². The number of amides is 1. The van der Waals surface area contributed by atoms with Crippen molar-refractivity contribution in [3.05, 3.63) is 89.5 Å². The first kappa shape index (κ1) is 29.7. The summed E-state index contributed by atoms with van der Waals surface area (Å²) in [6.45, 7) is 4.69. The van der Waals surface area contributed by atoms with Crippen molar-refractivity contribution < 1.29 is 19.0 Å². The van der Waals surface area contributed by atoms with Gasteiger partial charge in [0.15, 0.2) is 0 Å². The zero-order chi connectivity index (χ0) is 27.8. The van der Waals surface area contributed by atoms with Gasteiger partial charge in [-0.3, -0.25) is 0 Å². The van der Waals surface area contributed by atoms with Crippen LogP contribution in [-0.4, -0.2) is 39.1 Å². The van der Waals surface area contributed by atoms with E-state index in [0.717, 1.165) is 18.6 Å². The van der Waals surface area contributed by atoms with Gasteiger partial charge in [-0.2, -0.15) is 0 Å². The summed E-state index contributed by atoms with van der Waals surface area (Å²) in [6, 6.07) is 25.1. The Morgan fingerprint density at radius 1 is 0.725 bits per heavy atom. The van der Waals surface area contributed by atoms with Gasteiger partial charge in [0.1, 0.15) is 19.0 Å². The largest absolute Gasteiger partial charge is 0.491 e. The lowest BCUT2D eigenvalue weighted by Gasteiger charge is -2.14. The Morgan fingerprint density at radius 3 is 2.08 bits per heavy atom. The van der Waals surface area contributed by atoms with E-state index in [1.165, 1.54) is 72.8 Å². The number of benzene rings is 3. The number of carbonyl (C=O) groups excluding carboxylic acids is 1. The predicted octanol–water partition coefficient (Wildman–Crippen LogP) is 8.30. The molecule has 0 heterocycles. The Balaban J connectivity index is 1.01. The molecule has 0 atom stereocenters. The van der Waals surface area contributed by atoms with E-state index in [2.05, 4.69) is 72.9 Å². The minimum absolute atomic E-state index is 0.0720. The second kappa shape index (κ2) is 16.7. The van der Waals surface area contributed by atoms with Gasteiger partial charge in [-0.1, -0.05) is 106 Å². The van der Waals surface area contributed by atoms with Crippen LogP contribution >= 0.6 is 0 Å². The first-order valence-electron chi connectivity index (χ1n) is 15.1. The molecule has 5 heteroatoms. The molecule has 1 aliphatic carbocycles. The van der Waals surface area contributed by atoms with E-state index in [4.69, 9.17) is 14.2 Å². The summed E-state index contributed by atoms with van der Waals surface area (Å²) in [7, 11) is 0. The van der Waals surface area contributed by atoms with Crippen molar-refractivity contribution in [3.63, 3.8) is 0 Å². The maximum absolute atomic E-state index is 12.3. The standard InChI is InChI=1S/C35H45NO4/c1-2-3-4-5-6-7-8-14-28-19-21-29(22-20-28)39-26-25-38-24-13-23-36-35(37)40-27-34-32-17-11-9-15-30(32)31-16-10-12-18-33(31)34/h9-12,15-22,34H,2-8,13-14,23-27H2,1H3,(H,36,37). The normalized spacial score (nSPS) is 12.1. The van der Waals surface area contributed by atoms with Crippen molar-refractivity contribution >= 4 is 6.09 Å². The molecule has 0 bridgehead atoms. The third-order valence-corrected chi connectivity index (χ3v) is 7.57. The van der Waals surface area contributed by atoms with Gasteiger partial charge in [0.2, 0.25) is 0 Å². The van der Waals surface area contributed by atoms with Crippen molar-refractivity contribution in [2.24, 2.45) is 0 Å². The van der Waals surface area contributed by atoms with E-state index in [-0.39, 0.29) is 12.0 Å². The molecule has 0 saturated carbocycles. The topological polar surface area (TPSA) is 56.8 Å². The zero-order valence-electron chi connectivity index (χ0n) is 24.0. The second-order valence-corrected chi connectivity index (χ2v) is 10.6. The Labute approximate surface area is 240 Å². The molecule has 0 spiro atoms. The van der Waals surface area contributed by atoms with Crippen LogP contribution in [0.5, 0.6) is 5.75 Å². The summed E-state index contributed by atoms with van der Waals surface area (Å²) in [5.74, 6) is 0.951. The molecule has 0 radical (unpaired) electrons. The Morgan fingerprint density at radius 2 is 1.38 bits per heavy atom. The van der Waals surface area contributed by atoms with E-state index >= 15 is 0 Å². The number of alkyl carbamates (subject to hydrolysis) is 1. The maximum atomic E-state index is 12.3. The van der Waals surface area contributed by atoms with E-state index in [1.54, 1.807) is 0 Å².